The van der Waals surface area contributed by atoms with E-state index in [1.807, 2.05) is 0 Å². The van der Waals surface area contributed by atoms with Gasteiger partial charge in [0.2, 0.25) is 0 Å². The van der Waals surface area contributed by atoms with Crippen molar-refractivity contribution in [3.63, 3.8) is 0 Å². The Hall–Kier alpha value is -1.24. The molecule has 0 saturated heterocycles. The molecule has 0 amide bonds. The van der Waals surface area contributed by atoms with Crippen LogP contribution >= 0.6 is 15.9 Å². The number of hydrogen-bond acceptors (Lipinski definition) is 4. The summed E-state index contributed by atoms with van der Waals surface area (Å²) >= 11 is 3.09. The van der Waals surface area contributed by atoms with Crippen LogP contribution in [-0.2, 0) is 0 Å². The Morgan fingerprint density at radius 3 is 2.88 bits per heavy atom. The zero-order valence-electron chi connectivity index (χ0n) is 8.80. The van der Waals surface area contributed by atoms with Gasteiger partial charge in [0.15, 0.2) is 0 Å². The number of aromatic nitrogens is 2. The smallest absolute Gasteiger partial charge is 0.258 e. The van der Waals surface area contributed by atoms with E-state index in [1.165, 1.54) is 6.33 Å². The molecule has 5 nitrogen and oxygen atoms in total. The monoisotopic (exact) mass is 298 g/mol. The van der Waals surface area contributed by atoms with Gasteiger partial charge in [-0.1, -0.05) is 22.0 Å². The number of rotatable bonds is 3. The Kier molecular flexibility index (Phi) is 3.56. The van der Waals surface area contributed by atoms with E-state index < -0.39 is 12.2 Å². The quantitative estimate of drug-likeness (QED) is 0.729. The highest BCUT2D eigenvalue weighted by Gasteiger charge is 2.17. The van der Waals surface area contributed by atoms with E-state index in [1.54, 1.807) is 18.2 Å². The molecule has 0 bridgehead atoms. The van der Waals surface area contributed by atoms with Gasteiger partial charge in [-0.25, -0.2) is 4.98 Å². The third kappa shape index (κ3) is 2.38. The number of aromatic amines is 1. The van der Waals surface area contributed by atoms with Crippen molar-refractivity contribution in [2.45, 2.75) is 12.2 Å². The standard InChI is InChI=1S/C11H11BrN2O3/c12-4-9(15)10(16)6-1-2-7-8(3-6)13-5-14-11(7)17/h1-3,5,9-10,15-16H,4H2,(H,13,14,17). The van der Waals surface area contributed by atoms with Gasteiger partial charge in [0.05, 0.1) is 23.3 Å². The zero-order chi connectivity index (χ0) is 12.4. The lowest BCUT2D eigenvalue weighted by atomic mass is 10.0. The number of alkyl halides is 1. The van der Waals surface area contributed by atoms with E-state index in [0.29, 0.717) is 16.5 Å². The van der Waals surface area contributed by atoms with E-state index in [4.69, 9.17) is 0 Å². The number of hydrogen-bond donors (Lipinski definition) is 3. The molecule has 2 rings (SSSR count). The van der Waals surface area contributed by atoms with E-state index in [-0.39, 0.29) is 10.9 Å². The Bertz CT molecular complexity index is 584. The maximum absolute atomic E-state index is 11.4. The third-order valence-corrected chi connectivity index (χ3v) is 3.19. The molecule has 90 valence electrons. The largest absolute Gasteiger partial charge is 0.389 e. The minimum absolute atomic E-state index is 0.225. The van der Waals surface area contributed by atoms with Crippen LogP contribution in [0.25, 0.3) is 10.9 Å². The average molecular weight is 299 g/mol. The fraction of sp³-hybridized carbons (Fsp3) is 0.273. The lowest BCUT2D eigenvalue weighted by Gasteiger charge is -2.15. The van der Waals surface area contributed by atoms with Crippen LogP contribution in [0.5, 0.6) is 0 Å². The van der Waals surface area contributed by atoms with Gasteiger partial charge in [-0.2, -0.15) is 0 Å². The molecule has 6 heteroatoms. The van der Waals surface area contributed by atoms with Crippen molar-refractivity contribution < 1.29 is 10.2 Å². The summed E-state index contributed by atoms with van der Waals surface area (Å²) in [6.45, 7) is 0. The molecule has 3 N–H and O–H groups in total. The first-order chi connectivity index (χ1) is 8.13. The summed E-state index contributed by atoms with van der Waals surface area (Å²) in [5, 5.41) is 20.1. The van der Waals surface area contributed by atoms with Gasteiger partial charge in [-0.3, -0.25) is 4.79 Å². The van der Waals surface area contributed by atoms with Crippen LogP contribution in [0.1, 0.15) is 11.7 Å². The van der Waals surface area contributed by atoms with Gasteiger partial charge >= 0.3 is 0 Å². The van der Waals surface area contributed by atoms with Gasteiger partial charge in [0.25, 0.3) is 5.56 Å². The van der Waals surface area contributed by atoms with E-state index in [0.717, 1.165) is 0 Å². The SMILES string of the molecule is O=c1[nH]cnc2cc(C(O)C(O)CBr)ccc12. The number of benzene rings is 1. The normalized spacial score (nSPS) is 14.8. The van der Waals surface area contributed by atoms with Gasteiger partial charge in [-0.05, 0) is 17.7 Å². The summed E-state index contributed by atoms with van der Waals surface area (Å²) in [7, 11) is 0. The lowest BCUT2D eigenvalue weighted by Crippen LogP contribution is -2.19. The number of fused-ring (bicyclic) bond motifs is 1. The van der Waals surface area contributed by atoms with Crippen LogP contribution in [0.2, 0.25) is 0 Å². The van der Waals surface area contributed by atoms with Crippen LogP contribution in [-0.4, -0.2) is 31.6 Å². The van der Waals surface area contributed by atoms with Crippen molar-refractivity contribution in [1.82, 2.24) is 9.97 Å². The first kappa shape index (κ1) is 12.2. The second-order valence-electron chi connectivity index (χ2n) is 3.67. The van der Waals surface area contributed by atoms with Crippen molar-refractivity contribution >= 4 is 26.8 Å². The second-order valence-corrected chi connectivity index (χ2v) is 4.32. The maximum atomic E-state index is 11.4. The van der Waals surface area contributed by atoms with Crippen LogP contribution in [0, 0.1) is 0 Å². The van der Waals surface area contributed by atoms with Crippen LogP contribution in [0.15, 0.2) is 29.3 Å². The van der Waals surface area contributed by atoms with E-state index in [2.05, 4.69) is 25.9 Å². The Labute approximate surface area is 105 Å². The van der Waals surface area contributed by atoms with Crippen molar-refractivity contribution in [1.29, 1.82) is 0 Å². The number of H-pyrrole nitrogens is 1. The Morgan fingerprint density at radius 1 is 1.41 bits per heavy atom. The first-order valence-electron chi connectivity index (χ1n) is 5.03. The lowest BCUT2D eigenvalue weighted by molar-refractivity contribution is 0.0343. The third-order valence-electron chi connectivity index (χ3n) is 2.53. The molecule has 1 aromatic heterocycles. The van der Waals surface area contributed by atoms with Crippen molar-refractivity contribution in [3.8, 4) is 0 Å². The Morgan fingerprint density at radius 2 is 2.18 bits per heavy atom. The van der Waals surface area contributed by atoms with Crippen molar-refractivity contribution in [2.24, 2.45) is 0 Å². The van der Waals surface area contributed by atoms with Gasteiger partial charge < -0.3 is 15.2 Å². The molecule has 0 aliphatic rings. The van der Waals surface area contributed by atoms with Crippen molar-refractivity contribution in [3.05, 3.63) is 40.4 Å². The summed E-state index contributed by atoms with van der Waals surface area (Å²) in [4.78, 5) is 17.9. The minimum Gasteiger partial charge on any atom is -0.389 e. The molecule has 0 saturated carbocycles. The van der Waals surface area contributed by atoms with E-state index in [9.17, 15) is 15.0 Å². The molecule has 2 aromatic rings. The fourth-order valence-electron chi connectivity index (χ4n) is 1.58. The molecule has 2 atom stereocenters. The summed E-state index contributed by atoms with van der Waals surface area (Å²) in [6, 6.07) is 4.79. The molecular formula is C11H11BrN2O3. The number of nitrogens with one attached hydrogen (secondary N) is 1. The van der Waals surface area contributed by atoms with Crippen LogP contribution in [0.4, 0.5) is 0 Å². The first-order valence-corrected chi connectivity index (χ1v) is 6.15. The summed E-state index contributed by atoms with van der Waals surface area (Å²) in [6.07, 6.45) is -0.587. The molecule has 0 radical (unpaired) electrons. The van der Waals surface area contributed by atoms with Crippen LogP contribution in [0.3, 0.4) is 0 Å². The molecule has 17 heavy (non-hydrogen) atoms. The highest BCUT2D eigenvalue weighted by molar-refractivity contribution is 9.09. The molecule has 0 spiro atoms. The molecule has 0 fully saturated rings. The van der Waals surface area contributed by atoms with Crippen molar-refractivity contribution in [2.75, 3.05) is 5.33 Å². The Balaban J connectivity index is 2.48. The number of halogens is 1. The average Bonchev–Trinajstić information content (AvgIpc) is 2.37. The molecule has 1 aromatic carbocycles. The highest BCUT2D eigenvalue weighted by Crippen LogP contribution is 2.20. The second kappa shape index (κ2) is 4.95. The predicted octanol–water partition coefficient (Wildman–Crippen LogP) is 0.712. The molecular weight excluding hydrogens is 288 g/mol. The topological polar surface area (TPSA) is 86.2 Å². The molecule has 2 unspecified atom stereocenters. The summed E-state index contributed by atoms with van der Waals surface area (Å²) in [5.41, 5.74) is 0.798. The summed E-state index contributed by atoms with van der Waals surface area (Å²) < 4.78 is 0. The number of aliphatic hydroxyl groups excluding tert-OH is 2. The molecule has 0 aliphatic carbocycles. The fourth-order valence-corrected chi connectivity index (χ4v) is 1.93. The molecule has 0 aliphatic heterocycles. The van der Waals surface area contributed by atoms with Gasteiger partial charge in [0.1, 0.15) is 6.10 Å². The zero-order valence-corrected chi connectivity index (χ0v) is 10.4. The highest BCUT2D eigenvalue weighted by atomic mass is 79.9. The van der Waals surface area contributed by atoms with Gasteiger partial charge in [0, 0.05) is 5.33 Å². The number of nitrogens with zero attached hydrogens (tertiary/aromatic N) is 1. The number of aliphatic hydroxyl groups is 2. The van der Waals surface area contributed by atoms with Gasteiger partial charge in [-0.15, -0.1) is 0 Å². The van der Waals surface area contributed by atoms with Crippen LogP contribution < -0.4 is 5.56 Å². The predicted molar refractivity (Wildman–Crippen MR) is 67.1 cm³/mol. The van der Waals surface area contributed by atoms with E-state index >= 15 is 0 Å². The summed E-state index contributed by atoms with van der Waals surface area (Å²) in [5.74, 6) is 0. The molecule has 1 heterocycles. The minimum atomic E-state index is -1.00. The maximum Gasteiger partial charge on any atom is 0.258 e.